The first-order chi connectivity index (χ1) is 8.70. The zero-order valence-electron chi connectivity index (χ0n) is 9.89. The van der Waals surface area contributed by atoms with Gasteiger partial charge in [-0.25, -0.2) is 14.2 Å². The maximum atomic E-state index is 13.1. The number of hydrogen-bond donors (Lipinski definition) is 0. The van der Waals surface area contributed by atoms with Gasteiger partial charge in [0.25, 0.3) is 0 Å². The van der Waals surface area contributed by atoms with Crippen molar-refractivity contribution in [3.05, 3.63) is 54.1 Å². The second-order valence-electron chi connectivity index (χ2n) is 3.66. The molecule has 0 radical (unpaired) electrons. The van der Waals surface area contributed by atoms with Crippen molar-refractivity contribution >= 4 is 5.97 Å². The molecule has 1 aromatic heterocycles. The van der Waals surface area contributed by atoms with E-state index in [1.807, 2.05) is 0 Å². The Morgan fingerprint density at radius 2 is 2.11 bits per heavy atom. The molecule has 1 heterocycles. The van der Waals surface area contributed by atoms with Crippen LogP contribution in [0.5, 0.6) is 0 Å². The van der Waals surface area contributed by atoms with E-state index < -0.39 is 5.97 Å². The Morgan fingerprint density at radius 1 is 1.28 bits per heavy atom. The van der Waals surface area contributed by atoms with Crippen molar-refractivity contribution in [2.45, 2.75) is 6.92 Å². The molecular weight excluding hydrogens is 233 g/mol. The fourth-order valence-corrected chi connectivity index (χ4v) is 1.56. The Kier molecular flexibility index (Phi) is 3.67. The second-order valence-corrected chi connectivity index (χ2v) is 3.66. The summed E-state index contributed by atoms with van der Waals surface area (Å²) < 4.78 is 17.9. The van der Waals surface area contributed by atoms with Crippen molar-refractivity contribution < 1.29 is 13.9 Å². The fourth-order valence-electron chi connectivity index (χ4n) is 1.56. The first-order valence-electron chi connectivity index (χ1n) is 5.60. The molecule has 2 aromatic rings. The van der Waals surface area contributed by atoms with Crippen molar-refractivity contribution in [2.24, 2.45) is 0 Å². The fraction of sp³-hybridized carbons (Fsp3) is 0.143. The Balaban J connectivity index is 2.25. The van der Waals surface area contributed by atoms with E-state index in [2.05, 4.69) is 4.98 Å². The van der Waals surface area contributed by atoms with E-state index in [0.717, 1.165) is 11.1 Å². The summed E-state index contributed by atoms with van der Waals surface area (Å²) in [6.45, 7) is 2.05. The monoisotopic (exact) mass is 245 g/mol. The molecular formula is C14H12FNO2. The van der Waals surface area contributed by atoms with Crippen LogP contribution in [0.2, 0.25) is 0 Å². The van der Waals surface area contributed by atoms with E-state index >= 15 is 0 Å². The highest BCUT2D eigenvalue weighted by molar-refractivity contribution is 5.87. The average Bonchev–Trinajstić information content (AvgIpc) is 2.39. The lowest BCUT2D eigenvalue weighted by Crippen LogP contribution is -2.06. The summed E-state index contributed by atoms with van der Waals surface area (Å²) in [5, 5.41) is 0. The number of pyridine rings is 1. The van der Waals surface area contributed by atoms with Gasteiger partial charge in [0, 0.05) is 11.8 Å². The lowest BCUT2D eigenvalue weighted by molar-refractivity contribution is 0.0519. The molecule has 3 nitrogen and oxygen atoms in total. The number of rotatable bonds is 3. The zero-order valence-corrected chi connectivity index (χ0v) is 9.89. The van der Waals surface area contributed by atoms with Gasteiger partial charge in [-0.1, -0.05) is 18.2 Å². The molecule has 0 amide bonds. The van der Waals surface area contributed by atoms with Gasteiger partial charge in [0.15, 0.2) is 0 Å². The van der Waals surface area contributed by atoms with Gasteiger partial charge >= 0.3 is 5.97 Å². The molecule has 0 bridgehead atoms. The van der Waals surface area contributed by atoms with Crippen LogP contribution in [0.4, 0.5) is 4.39 Å². The highest BCUT2D eigenvalue weighted by Gasteiger charge is 2.08. The van der Waals surface area contributed by atoms with E-state index in [1.165, 1.54) is 18.3 Å². The number of esters is 1. The molecule has 0 atom stereocenters. The molecule has 1 aromatic carbocycles. The SMILES string of the molecule is CCOC(=O)c1ccc(-c2cccc(F)c2)cn1. The van der Waals surface area contributed by atoms with Gasteiger partial charge in [0.1, 0.15) is 11.5 Å². The summed E-state index contributed by atoms with van der Waals surface area (Å²) in [6.07, 6.45) is 1.53. The maximum Gasteiger partial charge on any atom is 0.356 e. The van der Waals surface area contributed by atoms with Gasteiger partial charge in [-0.05, 0) is 30.7 Å². The van der Waals surface area contributed by atoms with Crippen molar-refractivity contribution in [2.75, 3.05) is 6.61 Å². The molecule has 0 spiro atoms. The number of aromatic nitrogens is 1. The number of ether oxygens (including phenoxy) is 1. The number of hydrogen-bond acceptors (Lipinski definition) is 3. The van der Waals surface area contributed by atoms with Crippen LogP contribution in [0.15, 0.2) is 42.6 Å². The zero-order chi connectivity index (χ0) is 13.0. The smallest absolute Gasteiger partial charge is 0.356 e. The van der Waals surface area contributed by atoms with Crippen molar-refractivity contribution in [1.29, 1.82) is 0 Å². The van der Waals surface area contributed by atoms with Gasteiger partial charge in [0.2, 0.25) is 0 Å². The van der Waals surface area contributed by atoms with E-state index in [1.54, 1.807) is 31.2 Å². The minimum Gasteiger partial charge on any atom is -0.461 e. The third-order valence-corrected chi connectivity index (χ3v) is 2.41. The van der Waals surface area contributed by atoms with E-state index in [0.29, 0.717) is 6.61 Å². The van der Waals surface area contributed by atoms with Crippen LogP contribution in [0.3, 0.4) is 0 Å². The maximum absolute atomic E-state index is 13.1. The number of carbonyl (C=O) groups is 1. The van der Waals surface area contributed by atoms with E-state index in [-0.39, 0.29) is 11.5 Å². The van der Waals surface area contributed by atoms with Crippen LogP contribution in [-0.2, 0) is 4.74 Å². The van der Waals surface area contributed by atoms with Gasteiger partial charge in [-0.15, -0.1) is 0 Å². The third kappa shape index (κ3) is 2.71. The number of halogens is 1. The minimum absolute atomic E-state index is 0.247. The molecule has 0 aliphatic rings. The van der Waals surface area contributed by atoms with Gasteiger partial charge in [0.05, 0.1) is 6.61 Å². The average molecular weight is 245 g/mol. The van der Waals surface area contributed by atoms with Crippen molar-refractivity contribution in [3.63, 3.8) is 0 Å². The van der Waals surface area contributed by atoms with Gasteiger partial charge in [-0.3, -0.25) is 0 Å². The van der Waals surface area contributed by atoms with Crippen LogP contribution in [-0.4, -0.2) is 17.6 Å². The first-order valence-corrected chi connectivity index (χ1v) is 5.60. The molecule has 0 saturated heterocycles. The minimum atomic E-state index is -0.455. The van der Waals surface area contributed by atoms with Crippen LogP contribution in [0.1, 0.15) is 17.4 Å². The van der Waals surface area contributed by atoms with Crippen molar-refractivity contribution in [1.82, 2.24) is 4.98 Å². The topological polar surface area (TPSA) is 39.2 Å². The van der Waals surface area contributed by atoms with E-state index in [9.17, 15) is 9.18 Å². The summed E-state index contributed by atoms with van der Waals surface area (Å²) in [7, 11) is 0. The number of benzene rings is 1. The van der Waals surface area contributed by atoms with Crippen LogP contribution in [0, 0.1) is 5.82 Å². The number of carbonyl (C=O) groups excluding carboxylic acids is 1. The Morgan fingerprint density at radius 3 is 2.72 bits per heavy atom. The van der Waals surface area contributed by atoms with Crippen molar-refractivity contribution in [3.8, 4) is 11.1 Å². The van der Waals surface area contributed by atoms with Gasteiger partial charge < -0.3 is 4.74 Å². The summed E-state index contributed by atoms with van der Waals surface area (Å²) in [4.78, 5) is 15.4. The van der Waals surface area contributed by atoms with E-state index in [4.69, 9.17) is 4.74 Å². The third-order valence-electron chi connectivity index (χ3n) is 2.41. The quantitative estimate of drug-likeness (QED) is 0.780. The molecule has 92 valence electrons. The predicted octanol–water partition coefficient (Wildman–Crippen LogP) is 3.06. The molecule has 0 fully saturated rings. The van der Waals surface area contributed by atoms with Crippen LogP contribution >= 0.6 is 0 Å². The molecule has 2 rings (SSSR count). The Bertz CT molecular complexity index is 552. The standard InChI is InChI=1S/C14H12FNO2/c1-2-18-14(17)13-7-6-11(9-16-13)10-4-3-5-12(15)8-10/h3-9H,2H2,1H3. The molecule has 4 heteroatoms. The molecule has 0 aliphatic heterocycles. The normalized spacial score (nSPS) is 10.1. The van der Waals surface area contributed by atoms with Crippen LogP contribution < -0.4 is 0 Å². The van der Waals surface area contributed by atoms with Crippen LogP contribution in [0.25, 0.3) is 11.1 Å². The Labute approximate surface area is 104 Å². The highest BCUT2D eigenvalue weighted by atomic mass is 19.1. The number of nitrogens with zero attached hydrogens (tertiary/aromatic N) is 1. The summed E-state index contributed by atoms with van der Waals surface area (Å²) in [5.41, 5.74) is 1.72. The molecule has 0 aliphatic carbocycles. The second kappa shape index (κ2) is 5.40. The summed E-state index contributed by atoms with van der Waals surface area (Å²) >= 11 is 0. The predicted molar refractivity (Wildman–Crippen MR) is 65.6 cm³/mol. The first kappa shape index (κ1) is 12.2. The Hall–Kier alpha value is -2.23. The molecule has 18 heavy (non-hydrogen) atoms. The summed E-state index contributed by atoms with van der Waals surface area (Å²) in [5.74, 6) is -0.759. The largest absolute Gasteiger partial charge is 0.461 e. The highest BCUT2D eigenvalue weighted by Crippen LogP contribution is 2.19. The summed E-state index contributed by atoms with van der Waals surface area (Å²) in [6, 6.07) is 9.49. The molecule has 0 N–H and O–H groups in total. The lowest BCUT2D eigenvalue weighted by Gasteiger charge is -2.03. The molecule has 0 unspecified atom stereocenters. The lowest BCUT2D eigenvalue weighted by atomic mass is 10.1. The molecule has 0 saturated carbocycles. The van der Waals surface area contributed by atoms with Gasteiger partial charge in [-0.2, -0.15) is 0 Å².